The molecule has 35 heavy (non-hydrogen) atoms. The van der Waals surface area contributed by atoms with Gasteiger partial charge in [-0.1, -0.05) is 71.1 Å². The zero-order valence-electron chi connectivity index (χ0n) is 21.0. The molecular weight excluding hydrogens is 472 g/mol. The molecule has 202 valence electrons. The maximum atomic E-state index is 11.4. The van der Waals surface area contributed by atoms with E-state index < -0.39 is 16.4 Å². The number of nitro groups is 1. The third-order valence-corrected chi connectivity index (χ3v) is 5.58. The summed E-state index contributed by atoms with van der Waals surface area (Å²) in [5.74, 6) is -0.897. The van der Waals surface area contributed by atoms with Gasteiger partial charge in [0.1, 0.15) is 5.54 Å². The molecule has 1 aromatic carbocycles. The Labute approximate surface area is 215 Å². The monoisotopic (exact) mass is 516 g/mol. The van der Waals surface area contributed by atoms with Crippen molar-refractivity contribution in [1.82, 2.24) is 0 Å². The largest absolute Gasteiger partial charge is 0.480 e. The molecule has 1 aromatic rings. The Morgan fingerprint density at radius 2 is 1.40 bits per heavy atom. The first kappa shape index (κ1) is 34.6. The van der Waals surface area contributed by atoms with Gasteiger partial charge in [-0.15, -0.1) is 12.4 Å². The number of nitrogens with two attached hydrogens (primary N) is 4. The quantitative estimate of drug-likeness (QED) is 0.0488. The molecule has 0 unspecified atom stereocenters. The highest BCUT2D eigenvalue weighted by Gasteiger charge is 2.32. The third-order valence-electron chi connectivity index (χ3n) is 5.58. The normalized spacial score (nSPS) is 11.8. The summed E-state index contributed by atoms with van der Waals surface area (Å²) in [5.41, 5.74) is 21.3. The van der Waals surface area contributed by atoms with Crippen LogP contribution in [0.1, 0.15) is 90.4 Å². The topological polar surface area (TPSA) is 197 Å². The van der Waals surface area contributed by atoms with Crippen molar-refractivity contribution >= 4 is 35.7 Å². The molecule has 1 rings (SSSR count). The van der Waals surface area contributed by atoms with Crippen LogP contribution in [0, 0.1) is 10.1 Å². The summed E-state index contributed by atoms with van der Waals surface area (Å²) in [5, 5.41) is 19.5. The first-order valence-corrected chi connectivity index (χ1v) is 12.2. The lowest BCUT2D eigenvalue weighted by Gasteiger charge is -2.24. The fourth-order valence-electron chi connectivity index (χ4n) is 3.47. The van der Waals surface area contributed by atoms with Crippen LogP contribution in [0.2, 0.25) is 0 Å². The fourth-order valence-corrected chi connectivity index (χ4v) is 3.47. The van der Waals surface area contributed by atoms with Crippen molar-refractivity contribution in [2.45, 2.75) is 95.9 Å². The number of non-ortho nitro benzene ring substituents is 1. The highest BCUT2D eigenvalue weighted by molar-refractivity contribution is 5.85. The van der Waals surface area contributed by atoms with Crippen LogP contribution < -0.4 is 22.9 Å². The number of carboxylic acid groups (broad SMARTS) is 1. The molecule has 11 heteroatoms. The van der Waals surface area contributed by atoms with E-state index in [0.717, 1.165) is 19.3 Å². The van der Waals surface area contributed by atoms with E-state index in [1.807, 2.05) is 0 Å². The summed E-state index contributed by atoms with van der Waals surface area (Å²) >= 11 is 0. The molecule has 0 saturated heterocycles. The standard InChI is InChI=1S/C18H38N4O2.C6H6N2O2.ClH/c1-2-3-4-5-6-7-8-9-10-11-13-18(21,16(23)24)14-12-15-22-17(19)20;7-5-1-3-6(4-2-5)8(9)10;/h2-15,21H2,1H3,(H,23,24)(H4,19,20,22);1-4H,7H2;1H/t18-;;/m0../s1. The summed E-state index contributed by atoms with van der Waals surface area (Å²) in [7, 11) is 0. The van der Waals surface area contributed by atoms with Crippen molar-refractivity contribution in [3.8, 4) is 0 Å². The zero-order valence-corrected chi connectivity index (χ0v) is 21.8. The fraction of sp³-hybridized carbons (Fsp3) is 0.667. The predicted molar refractivity (Wildman–Crippen MR) is 146 cm³/mol. The van der Waals surface area contributed by atoms with Gasteiger partial charge in [0.2, 0.25) is 0 Å². The van der Waals surface area contributed by atoms with E-state index in [1.54, 1.807) is 0 Å². The third kappa shape index (κ3) is 18.4. The molecule has 0 saturated carbocycles. The lowest BCUT2D eigenvalue weighted by atomic mass is 9.88. The number of nitrogen functional groups attached to an aromatic ring is 1. The first-order chi connectivity index (χ1) is 16.1. The number of nitrogens with zero attached hydrogens (tertiary/aromatic N) is 2. The predicted octanol–water partition coefficient (Wildman–Crippen LogP) is 4.73. The van der Waals surface area contributed by atoms with Crippen LogP contribution in [-0.4, -0.2) is 34.0 Å². The van der Waals surface area contributed by atoms with Crippen LogP contribution in [-0.2, 0) is 4.79 Å². The number of nitro benzene ring substituents is 1. The second-order valence-electron chi connectivity index (χ2n) is 8.65. The van der Waals surface area contributed by atoms with E-state index in [2.05, 4.69) is 11.9 Å². The van der Waals surface area contributed by atoms with Crippen LogP contribution in [0.5, 0.6) is 0 Å². The van der Waals surface area contributed by atoms with Crippen molar-refractivity contribution in [2.24, 2.45) is 22.2 Å². The molecule has 0 amide bonds. The minimum absolute atomic E-state index is 0. The lowest BCUT2D eigenvalue weighted by molar-refractivity contribution is -0.384. The Kier molecular flexibility index (Phi) is 20.5. The zero-order chi connectivity index (χ0) is 25.8. The summed E-state index contributed by atoms with van der Waals surface area (Å²) in [6.45, 7) is 2.65. The maximum Gasteiger partial charge on any atom is 0.323 e. The van der Waals surface area contributed by atoms with Gasteiger partial charge in [0, 0.05) is 24.4 Å². The number of aliphatic carboxylic acids is 1. The van der Waals surface area contributed by atoms with Crippen molar-refractivity contribution in [3.05, 3.63) is 34.4 Å². The smallest absolute Gasteiger partial charge is 0.323 e. The van der Waals surface area contributed by atoms with Gasteiger partial charge in [0.25, 0.3) is 5.69 Å². The van der Waals surface area contributed by atoms with E-state index >= 15 is 0 Å². The molecule has 0 heterocycles. The van der Waals surface area contributed by atoms with Crippen molar-refractivity contribution in [1.29, 1.82) is 0 Å². The number of unbranched alkanes of at least 4 members (excludes halogenated alkanes) is 9. The molecule has 0 spiro atoms. The summed E-state index contributed by atoms with van der Waals surface area (Å²) < 4.78 is 0. The number of halogens is 1. The van der Waals surface area contributed by atoms with Crippen LogP contribution in [0.25, 0.3) is 0 Å². The van der Waals surface area contributed by atoms with Gasteiger partial charge in [-0.2, -0.15) is 0 Å². The van der Waals surface area contributed by atoms with Gasteiger partial charge in [0.15, 0.2) is 5.96 Å². The van der Waals surface area contributed by atoms with E-state index in [0.29, 0.717) is 31.5 Å². The van der Waals surface area contributed by atoms with Gasteiger partial charge in [-0.25, -0.2) is 0 Å². The van der Waals surface area contributed by atoms with E-state index in [-0.39, 0.29) is 24.1 Å². The number of hydrogen-bond donors (Lipinski definition) is 5. The first-order valence-electron chi connectivity index (χ1n) is 12.2. The van der Waals surface area contributed by atoms with Gasteiger partial charge < -0.3 is 28.0 Å². The lowest BCUT2D eigenvalue weighted by Crippen LogP contribution is -2.48. The Bertz CT molecular complexity index is 729. The molecule has 0 fully saturated rings. The molecule has 0 aliphatic rings. The van der Waals surface area contributed by atoms with Gasteiger partial charge in [0.05, 0.1) is 4.92 Å². The number of carbonyl (C=O) groups is 1. The molecule has 0 radical (unpaired) electrons. The SMILES string of the molecule is CCCCCCCCCCCC[C@](N)(CCCN=C(N)N)C(=O)O.Cl.Nc1ccc([N+](=O)[O-])cc1. The Balaban J connectivity index is 0. The molecule has 0 aliphatic carbocycles. The highest BCUT2D eigenvalue weighted by atomic mass is 35.5. The minimum atomic E-state index is -1.15. The number of aliphatic imine (C=N–C) groups is 1. The Morgan fingerprint density at radius 3 is 1.83 bits per heavy atom. The van der Waals surface area contributed by atoms with E-state index in [4.69, 9.17) is 22.9 Å². The number of rotatable bonds is 17. The molecular formula is C24H45ClN6O4. The summed E-state index contributed by atoms with van der Waals surface area (Å²) in [6, 6.07) is 5.74. The van der Waals surface area contributed by atoms with Crippen LogP contribution in [0.3, 0.4) is 0 Å². The van der Waals surface area contributed by atoms with Crippen molar-refractivity contribution in [3.63, 3.8) is 0 Å². The number of guanidine groups is 1. The van der Waals surface area contributed by atoms with Crippen LogP contribution >= 0.6 is 12.4 Å². The average Bonchev–Trinajstić information content (AvgIpc) is 2.78. The van der Waals surface area contributed by atoms with Gasteiger partial charge in [-0.05, 0) is 31.4 Å². The molecule has 10 nitrogen and oxygen atoms in total. The maximum absolute atomic E-state index is 11.4. The van der Waals surface area contributed by atoms with Gasteiger partial charge >= 0.3 is 5.97 Å². The second kappa shape index (κ2) is 20.8. The highest BCUT2D eigenvalue weighted by Crippen LogP contribution is 2.20. The van der Waals surface area contributed by atoms with E-state index in [1.165, 1.54) is 69.2 Å². The molecule has 1 atom stereocenters. The van der Waals surface area contributed by atoms with Crippen LogP contribution in [0.4, 0.5) is 11.4 Å². The van der Waals surface area contributed by atoms with Gasteiger partial charge in [-0.3, -0.25) is 19.9 Å². The summed E-state index contributed by atoms with van der Waals surface area (Å²) in [4.78, 5) is 24.9. The molecule has 0 aromatic heterocycles. The number of anilines is 1. The van der Waals surface area contributed by atoms with Crippen LogP contribution in [0.15, 0.2) is 29.3 Å². The number of benzene rings is 1. The number of hydrogen-bond acceptors (Lipinski definition) is 6. The van der Waals surface area contributed by atoms with E-state index in [9.17, 15) is 20.0 Å². The Hall–Kier alpha value is -2.59. The summed E-state index contributed by atoms with van der Waals surface area (Å²) in [6.07, 6.45) is 13.7. The number of carboxylic acids is 1. The average molecular weight is 517 g/mol. The minimum Gasteiger partial charge on any atom is -0.480 e. The van der Waals surface area contributed by atoms with Crippen molar-refractivity contribution in [2.75, 3.05) is 12.3 Å². The molecule has 9 N–H and O–H groups in total. The second-order valence-corrected chi connectivity index (χ2v) is 8.65. The Morgan fingerprint density at radius 1 is 0.943 bits per heavy atom. The molecule has 0 bridgehead atoms. The van der Waals surface area contributed by atoms with Crippen molar-refractivity contribution < 1.29 is 14.8 Å². The molecule has 0 aliphatic heterocycles.